The standard InChI is InChI=1S/C17H22N4OS/c1-13(22)21-15-7-5-14(6-8-15)9-10-19-17(18-2)20-12-16-4-3-11-23-16/h3-8,11H,9-10,12H2,1-2H3,(H,21,22)(H2,18,19,20). The SMILES string of the molecule is CN=C(NCCc1ccc(NC(C)=O)cc1)NCc1cccs1. The summed E-state index contributed by atoms with van der Waals surface area (Å²) in [5.41, 5.74) is 2.03. The summed E-state index contributed by atoms with van der Waals surface area (Å²) in [7, 11) is 1.77. The lowest BCUT2D eigenvalue weighted by molar-refractivity contribution is -0.114. The molecule has 0 aliphatic heterocycles. The van der Waals surface area contributed by atoms with E-state index < -0.39 is 0 Å². The molecule has 3 N–H and O–H groups in total. The van der Waals surface area contributed by atoms with Gasteiger partial charge in [-0.15, -0.1) is 11.3 Å². The highest BCUT2D eigenvalue weighted by molar-refractivity contribution is 7.09. The quantitative estimate of drug-likeness (QED) is 0.563. The number of nitrogens with one attached hydrogen (secondary N) is 3. The van der Waals surface area contributed by atoms with Crippen molar-refractivity contribution in [3.05, 3.63) is 52.2 Å². The second kappa shape index (κ2) is 8.95. The van der Waals surface area contributed by atoms with E-state index in [1.54, 1.807) is 18.4 Å². The zero-order valence-corrected chi connectivity index (χ0v) is 14.2. The number of carbonyl (C=O) groups is 1. The third kappa shape index (κ3) is 6.12. The van der Waals surface area contributed by atoms with Crippen molar-refractivity contribution in [1.29, 1.82) is 0 Å². The Morgan fingerprint density at radius 1 is 1.17 bits per heavy atom. The minimum atomic E-state index is -0.0555. The van der Waals surface area contributed by atoms with Crippen LogP contribution in [0.25, 0.3) is 0 Å². The van der Waals surface area contributed by atoms with Gasteiger partial charge in [0.25, 0.3) is 0 Å². The molecule has 1 amide bonds. The number of benzene rings is 1. The van der Waals surface area contributed by atoms with Gasteiger partial charge in [-0.25, -0.2) is 0 Å². The van der Waals surface area contributed by atoms with Gasteiger partial charge in [0.1, 0.15) is 0 Å². The van der Waals surface area contributed by atoms with Crippen LogP contribution in [-0.4, -0.2) is 25.5 Å². The number of amides is 1. The largest absolute Gasteiger partial charge is 0.356 e. The zero-order chi connectivity index (χ0) is 16.5. The molecule has 1 heterocycles. The van der Waals surface area contributed by atoms with Gasteiger partial charge in [0.05, 0.1) is 6.54 Å². The number of hydrogen-bond acceptors (Lipinski definition) is 3. The maximum absolute atomic E-state index is 11.0. The first-order chi connectivity index (χ1) is 11.2. The van der Waals surface area contributed by atoms with Crippen LogP contribution in [0.4, 0.5) is 5.69 Å². The summed E-state index contributed by atoms with van der Waals surface area (Å²) in [6, 6.07) is 12.0. The van der Waals surface area contributed by atoms with E-state index in [1.807, 2.05) is 30.3 Å². The molecule has 0 aliphatic carbocycles. The van der Waals surface area contributed by atoms with Crippen LogP contribution < -0.4 is 16.0 Å². The van der Waals surface area contributed by atoms with Crippen LogP contribution in [0.3, 0.4) is 0 Å². The predicted octanol–water partition coefficient (Wildman–Crippen LogP) is 2.61. The molecule has 0 saturated heterocycles. The minimum absolute atomic E-state index is 0.0555. The van der Waals surface area contributed by atoms with E-state index in [4.69, 9.17) is 0 Å². The van der Waals surface area contributed by atoms with Crippen molar-refractivity contribution in [1.82, 2.24) is 10.6 Å². The molecule has 0 spiro atoms. The van der Waals surface area contributed by atoms with Gasteiger partial charge in [-0.3, -0.25) is 9.79 Å². The molecule has 2 rings (SSSR count). The number of aliphatic imine (C=N–C) groups is 1. The molecular formula is C17H22N4OS. The van der Waals surface area contributed by atoms with Crippen molar-refractivity contribution in [3.8, 4) is 0 Å². The van der Waals surface area contributed by atoms with Gasteiger partial charge in [0, 0.05) is 31.1 Å². The molecule has 1 aromatic carbocycles. The van der Waals surface area contributed by atoms with Gasteiger partial charge in [0.2, 0.25) is 5.91 Å². The van der Waals surface area contributed by atoms with E-state index in [2.05, 4.69) is 32.4 Å². The van der Waals surface area contributed by atoms with Crippen molar-refractivity contribution in [2.45, 2.75) is 19.9 Å². The molecule has 23 heavy (non-hydrogen) atoms. The van der Waals surface area contributed by atoms with Crippen molar-refractivity contribution < 1.29 is 4.79 Å². The van der Waals surface area contributed by atoms with Gasteiger partial charge in [-0.1, -0.05) is 18.2 Å². The molecule has 0 aliphatic rings. The average molecular weight is 330 g/mol. The Bertz CT molecular complexity index is 635. The Hall–Kier alpha value is -2.34. The predicted molar refractivity (Wildman–Crippen MR) is 97.0 cm³/mol. The molecule has 6 heteroatoms. The van der Waals surface area contributed by atoms with Crippen molar-refractivity contribution in [2.75, 3.05) is 18.9 Å². The lowest BCUT2D eigenvalue weighted by Gasteiger charge is -2.11. The molecule has 0 unspecified atom stereocenters. The highest BCUT2D eigenvalue weighted by Crippen LogP contribution is 2.10. The second-order valence-corrected chi connectivity index (χ2v) is 6.09. The smallest absolute Gasteiger partial charge is 0.221 e. The first-order valence-electron chi connectivity index (χ1n) is 7.51. The Morgan fingerprint density at radius 2 is 1.96 bits per heavy atom. The molecule has 0 saturated carbocycles. The molecule has 1 aromatic heterocycles. The number of hydrogen-bond donors (Lipinski definition) is 3. The fraction of sp³-hybridized carbons (Fsp3) is 0.294. The summed E-state index contributed by atoms with van der Waals surface area (Å²) < 4.78 is 0. The summed E-state index contributed by atoms with van der Waals surface area (Å²) >= 11 is 1.73. The minimum Gasteiger partial charge on any atom is -0.356 e. The summed E-state index contributed by atoms with van der Waals surface area (Å²) in [5, 5.41) is 11.4. The van der Waals surface area contributed by atoms with Crippen molar-refractivity contribution in [2.24, 2.45) is 4.99 Å². The van der Waals surface area contributed by atoms with Crippen LogP contribution in [-0.2, 0) is 17.8 Å². The van der Waals surface area contributed by atoms with Crippen LogP contribution in [0.5, 0.6) is 0 Å². The summed E-state index contributed by atoms with van der Waals surface area (Å²) in [6.45, 7) is 3.08. The van der Waals surface area contributed by atoms with E-state index in [9.17, 15) is 4.79 Å². The first kappa shape index (κ1) is 17.0. The number of thiophene rings is 1. The Balaban J connectivity index is 1.73. The van der Waals surface area contributed by atoms with Gasteiger partial charge < -0.3 is 16.0 Å². The number of carbonyl (C=O) groups excluding carboxylic acids is 1. The average Bonchev–Trinajstić information content (AvgIpc) is 3.05. The maximum Gasteiger partial charge on any atom is 0.221 e. The van der Waals surface area contributed by atoms with Gasteiger partial charge >= 0.3 is 0 Å². The van der Waals surface area contributed by atoms with Crippen LogP contribution in [0.15, 0.2) is 46.8 Å². The highest BCUT2D eigenvalue weighted by atomic mass is 32.1. The Morgan fingerprint density at radius 3 is 2.57 bits per heavy atom. The van der Waals surface area contributed by atoms with E-state index in [1.165, 1.54) is 17.4 Å². The van der Waals surface area contributed by atoms with Gasteiger partial charge in [0.15, 0.2) is 5.96 Å². The van der Waals surface area contributed by atoms with E-state index in [-0.39, 0.29) is 5.91 Å². The van der Waals surface area contributed by atoms with Crippen LogP contribution in [0.2, 0.25) is 0 Å². The number of rotatable bonds is 6. The molecule has 5 nitrogen and oxygen atoms in total. The van der Waals surface area contributed by atoms with Crippen LogP contribution >= 0.6 is 11.3 Å². The monoisotopic (exact) mass is 330 g/mol. The topological polar surface area (TPSA) is 65.5 Å². The molecule has 122 valence electrons. The van der Waals surface area contributed by atoms with E-state index in [0.717, 1.165) is 31.2 Å². The summed E-state index contributed by atoms with van der Waals surface area (Å²) in [5.74, 6) is 0.744. The van der Waals surface area contributed by atoms with Crippen LogP contribution in [0, 0.1) is 0 Å². The first-order valence-corrected chi connectivity index (χ1v) is 8.39. The molecule has 2 aromatic rings. The van der Waals surface area contributed by atoms with E-state index in [0.29, 0.717) is 0 Å². The Kier molecular flexibility index (Phi) is 6.62. The van der Waals surface area contributed by atoms with Gasteiger partial charge in [-0.05, 0) is 35.6 Å². The number of nitrogens with zero attached hydrogens (tertiary/aromatic N) is 1. The summed E-state index contributed by atoms with van der Waals surface area (Å²) in [4.78, 5) is 16.5. The Labute approximate surface area is 140 Å². The maximum atomic E-state index is 11.0. The normalized spacial score (nSPS) is 11.1. The van der Waals surface area contributed by atoms with Gasteiger partial charge in [-0.2, -0.15) is 0 Å². The third-order valence-corrected chi connectivity index (χ3v) is 4.09. The lowest BCUT2D eigenvalue weighted by Crippen LogP contribution is -2.37. The number of anilines is 1. The van der Waals surface area contributed by atoms with Crippen molar-refractivity contribution >= 4 is 28.9 Å². The summed E-state index contributed by atoms with van der Waals surface area (Å²) in [6.07, 6.45) is 0.889. The van der Waals surface area contributed by atoms with Crippen molar-refractivity contribution in [3.63, 3.8) is 0 Å². The highest BCUT2D eigenvalue weighted by Gasteiger charge is 2.00. The van der Waals surface area contributed by atoms with Crippen LogP contribution in [0.1, 0.15) is 17.4 Å². The zero-order valence-electron chi connectivity index (χ0n) is 13.4. The molecule has 0 radical (unpaired) electrons. The van der Waals surface area contributed by atoms with E-state index >= 15 is 0 Å². The third-order valence-electron chi connectivity index (χ3n) is 3.21. The molecule has 0 atom stereocenters. The molecule has 0 bridgehead atoms. The fourth-order valence-corrected chi connectivity index (χ4v) is 2.73. The lowest BCUT2D eigenvalue weighted by atomic mass is 10.1. The number of guanidine groups is 1. The molecule has 0 fully saturated rings. The second-order valence-electron chi connectivity index (χ2n) is 5.06. The fourth-order valence-electron chi connectivity index (χ4n) is 2.09. The molecular weight excluding hydrogens is 308 g/mol.